The van der Waals surface area contributed by atoms with Crippen molar-refractivity contribution in [3.05, 3.63) is 23.5 Å². The second-order valence-corrected chi connectivity index (χ2v) is 4.92. The molecule has 0 atom stereocenters. The van der Waals surface area contributed by atoms with Gasteiger partial charge in [0, 0.05) is 31.4 Å². The number of fused-ring (bicyclic) bond motifs is 1. The summed E-state index contributed by atoms with van der Waals surface area (Å²) in [5.41, 5.74) is 0.802. The molecule has 2 aromatic heterocycles. The molecule has 0 saturated heterocycles. The molecule has 0 amide bonds. The van der Waals surface area contributed by atoms with Crippen molar-refractivity contribution < 1.29 is 13.2 Å². The lowest BCUT2D eigenvalue weighted by atomic mass is 10.4. The summed E-state index contributed by atoms with van der Waals surface area (Å²) >= 11 is 1.52. The van der Waals surface area contributed by atoms with Crippen molar-refractivity contribution in [2.24, 2.45) is 4.99 Å². The summed E-state index contributed by atoms with van der Waals surface area (Å²) in [5, 5.41) is 7.46. The highest BCUT2D eigenvalue weighted by atomic mass is 32.1. The summed E-state index contributed by atoms with van der Waals surface area (Å²) in [7, 11) is 1.51. The number of hydrogen-bond donors (Lipinski definition) is 2. The maximum absolute atomic E-state index is 12.0. The number of rotatable bonds is 4. The highest BCUT2D eigenvalue weighted by Crippen LogP contribution is 2.18. The fourth-order valence-electron chi connectivity index (χ4n) is 1.58. The van der Waals surface area contributed by atoms with Crippen LogP contribution in [0.4, 0.5) is 13.2 Å². The quantitative estimate of drug-likeness (QED) is 0.671. The van der Waals surface area contributed by atoms with Crippen molar-refractivity contribution >= 4 is 22.3 Å². The first kappa shape index (κ1) is 14.6. The first-order valence-electron chi connectivity index (χ1n) is 5.90. The van der Waals surface area contributed by atoms with Crippen LogP contribution in [0.2, 0.25) is 0 Å². The Hall–Kier alpha value is -1.77. The van der Waals surface area contributed by atoms with E-state index in [1.54, 1.807) is 0 Å². The molecule has 0 radical (unpaired) electrons. The molecule has 20 heavy (non-hydrogen) atoms. The number of imidazole rings is 1. The zero-order valence-corrected chi connectivity index (χ0v) is 11.6. The molecule has 0 fully saturated rings. The summed E-state index contributed by atoms with van der Waals surface area (Å²) in [5.74, 6) is 0.325. The lowest BCUT2D eigenvalue weighted by Gasteiger charge is -2.12. The largest absolute Gasteiger partial charge is 0.390 e. The van der Waals surface area contributed by atoms with E-state index in [1.807, 2.05) is 22.2 Å². The maximum Gasteiger partial charge on any atom is 0.390 e. The van der Waals surface area contributed by atoms with Crippen LogP contribution in [0.3, 0.4) is 0 Å². The predicted octanol–water partition coefficient (Wildman–Crippen LogP) is 2.01. The Morgan fingerprint density at radius 1 is 1.45 bits per heavy atom. The van der Waals surface area contributed by atoms with E-state index in [4.69, 9.17) is 0 Å². The fourth-order valence-corrected chi connectivity index (χ4v) is 2.30. The Morgan fingerprint density at radius 2 is 2.25 bits per heavy atom. The average molecular weight is 305 g/mol. The standard InChI is InChI=1S/C11H14F3N5S/c1-15-9(16-3-2-11(12,13)14)17-6-8-7-19-4-5-20-10(19)18-8/h4-5,7H,2-3,6H2,1H3,(H2,15,16,17). The van der Waals surface area contributed by atoms with E-state index in [0.29, 0.717) is 12.5 Å². The Kier molecular flexibility index (Phi) is 4.48. The van der Waals surface area contributed by atoms with Gasteiger partial charge in [0.05, 0.1) is 18.7 Å². The molecule has 0 aliphatic carbocycles. The minimum atomic E-state index is -4.17. The van der Waals surface area contributed by atoms with E-state index in [-0.39, 0.29) is 6.54 Å². The molecule has 0 aromatic carbocycles. The molecule has 0 bridgehead atoms. The smallest absolute Gasteiger partial charge is 0.356 e. The molecule has 2 aromatic rings. The van der Waals surface area contributed by atoms with E-state index in [0.717, 1.165) is 10.7 Å². The summed E-state index contributed by atoms with van der Waals surface area (Å²) in [6.07, 6.45) is -1.30. The molecule has 0 aliphatic heterocycles. The van der Waals surface area contributed by atoms with Gasteiger partial charge in [0.15, 0.2) is 10.9 Å². The summed E-state index contributed by atoms with van der Waals surface area (Å²) in [6, 6.07) is 0. The van der Waals surface area contributed by atoms with Gasteiger partial charge in [-0.1, -0.05) is 0 Å². The first-order chi connectivity index (χ1) is 9.48. The van der Waals surface area contributed by atoms with Crippen LogP contribution in [0.1, 0.15) is 12.1 Å². The lowest BCUT2D eigenvalue weighted by Crippen LogP contribution is -2.38. The Labute approximate surface area is 117 Å². The Bertz CT molecular complexity index is 558. The Morgan fingerprint density at radius 3 is 2.90 bits per heavy atom. The minimum Gasteiger partial charge on any atom is -0.356 e. The normalized spacial score (nSPS) is 12.9. The van der Waals surface area contributed by atoms with Gasteiger partial charge < -0.3 is 10.6 Å². The van der Waals surface area contributed by atoms with E-state index in [2.05, 4.69) is 20.6 Å². The third-order valence-electron chi connectivity index (χ3n) is 2.50. The topological polar surface area (TPSA) is 53.7 Å². The average Bonchev–Trinajstić information content (AvgIpc) is 2.92. The molecule has 0 spiro atoms. The van der Waals surface area contributed by atoms with Gasteiger partial charge in [0.2, 0.25) is 0 Å². The Balaban J connectivity index is 1.80. The van der Waals surface area contributed by atoms with E-state index < -0.39 is 12.6 Å². The number of nitrogens with one attached hydrogen (secondary N) is 2. The van der Waals surface area contributed by atoms with Crippen LogP contribution >= 0.6 is 11.3 Å². The molecule has 0 unspecified atom stereocenters. The molecule has 9 heteroatoms. The van der Waals surface area contributed by atoms with Crippen molar-refractivity contribution in [3.8, 4) is 0 Å². The number of aromatic nitrogens is 2. The molecule has 110 valence electrons. The van der Waals surface area contributed by atoms with Gasteiger partial charge in [-0.2, -0.15) is 13.2 Å². The van der Waals surface area contributed by atoms with Crippen LogP contribution in [-0.2, 0) is 6.54 Å². The second-order valence-electron chi connectivity index (χ2n) is 4.04. The maximum atomic E-state index is 12.0. The number of nitrogens with zero attached hydrogens (tertiary/aromatic N) is 3. The van der Waals surface area contributed by atoms with Gasteiger partial charge >= 0.3 is 6.18 Å². The zero-order chi connectivity index (χ0) is 14.6. The molecular weight excluding hydrogens is 291 g/mol. The van der Waals surface area contributed by atoms with Gasteiger partial charge in [0.25, 0.3) is 0 Å². The van der Waals surface area contributed by atoms with Crippen LogP contribution in [0.15, 0.2) is 22.8 Å². The number of thiazole rings is 1. The lowest BCUT2D eigenvalue weighted by molar-refractivity contribution is -0.132. The van der Waals surface area contributed by atoms with Crippen molar-refractivity contribution in [1.82, 2.24) is 20.0 Å². The van der Waals surface area contributed by atoms with Crippen molar-refractivity contribution in [1.29, 1.82) is 0 Å². The molecule has 2 rings (SSSR count). The van der Waals surface area contributed by atoms with Gasteiger partial charge in [-0.15, -0.1) is 11.3 Å². The number of alkyl halides is 3. The fraction of sp³-hybridized carbons (Fsp3) is 0.455. The molecule has 2 heterocycles. The highest BCUT2D eigenvalue weighted by Gasteiger charge is 2.26. The van der Waals surface area contributed by atoms with Crippen LogP contribution in [-0.4, -0.2) is 35.1 Å². The van der Waals surface area contributed by atoms with E-state index in [9.17, 15) is 13.2 Å². The van der Waals surface area contributed by atoms with E-state index >= 15 is 0 Å². The number of guanidine groups is 1. The van der Waals surface area contributed by atoms with Crippen molar-refractivity contribution in [2.45, 2.75) is 19.1 Å². The van der Waals surface area contributed by atoms with Crippen LogP contribution in [0.5, 0.6) is 0 Å². The van der Waals surface area contributed by atoms with Crippen molar-refractivity contribution in [3.63, 3.8) is 0 Å². The number of aliphatic imine (C=N–C) groups is 1. The van der Waals surface area contributed by atoms with Gasteiger partial charge in [-0.25, -0.2) is 4.98 Å². The SMILES string of the molecule is CN=C(NCCC(F)(F)F)NCc1cn2ccsc2n1. The molecule has 0 saturated carbocycles. The highest BCUT2D eigenvalue weighted by molar-refractivity contribution is 7.15. The van der Waals surface area contributed by atoms with Crippen LogP contribution in [0.25, 0.3) is 4.96 Å². The third kappa shape index (κ3) is 4.12. The number of halogens is 3. The zero-order valence-electron chi connectivity index (χ0n) is 10.7. The second kappa shape index (κ2) is 6.12. The van der Waals surface area contributed by atoms with Crippen LogP contribution < -0.4 is 10.6 Å². The molecule has 5 nitrogen and oxygen atoms in total. The van der Waals surface area contributed by atoms with Gasteiger partial charge in [-0.3, -0.25) is 9.39 Å². The summed E-state index contributed by atoms with van der Waals surface area (Å²) < 4.78 is 38.0. The van der Waals surface area contributed by atoms with Crippen LogP contribution in [0, 0.1) is 0 Å². The molecule has 0 aliphatic rings. The van der Waals surface area contributed by atoms with Crippen molar-refractivity contribution in [2.75, 3.05) is 13.6 Å². The monoisotopic (exact) mass is 305 g/mol. The van der Waals surface area contributed by atoms with Gasteiger partial charge in [-0.05, 0) is 0 Å². The minimum absolute atomic E-state index is 0.207. The predicted molar refractivity (Wildman–Crippen MR) is 71.9 cm³/mol. The number of hydrogen-bond acceptors (Lipinski definition) is 3. The third-order valence-corrected chi connectivity index (χ3v) is 3.28. The van der Waals surface area contributed by atoms with E-state index in [1.165, 1.54) is 18.4 Å². The summed E-state index contributed by atoms with van der Waals surface area (Å²) in [4.78, 5) is 9.09. The molecule has 2 N–H and O–H groups in total. The van der Waals surface area contributed by atoms with Gasteiger partial charge in [0.1, 0.15) is 0 Å². The first-order valence-corrected chi connectivity index (χ1v) is 6.78. The summed E-state index contributed by atoms with van der Waals surface area (Å²) in [6.45, 7) is 0.196. The molecular formula is C11H14F3N5S.